The second-order valence-corrected chi connectivity index (χ2v) is 0.526. The van der Waals surface area contributed by atoms with E-state index >= 15 is 0 Å². The largest absolute Gasteiger partial charge is 0.359 e. The third kappa shape index (κ3) is 24.7. The molecule has 0 saturated heterocycles. The van der Waals surface area contributed by atoms with Gasteiger partial charge in [-0.2, -0.15) is 0 Å². The molecule has 0 bridgehead atoms. The minimum absolute atomic E-state index is 0. The lowest BCUT2D eigenvalue weighted by Crippen LogP contribution is -1.87. The molecule has 2 heteroatoms. The van der Waals surface area contributed by atoms with Crippen molar-refractivity contribution in [2.75, 3.05) is 21.0 Å². The van der Waals surface area contributed by atoms with Crippen LogP contribution >= 0.6 is 0 Å². The summed E-state index contributed by atoms with van der Waals surface area (Å²) in [5, 5.41) is 0. The highest BCUT2D eigenvalue weighted by Crippen LogP contribution is 1.60. The monoisotopic (exact) mass is 112 g/mol. The van der Waals surface area contributed by atoms with Crippen LogP contribution in [0.4, 0.5) is 0 Å². The van der Waals surface area contributed by atoms with Gasteiger partial charge < -0.3 is 9.47 Å². The van der Waals surface area contributed by atoms with Gasteiger partial charge in [0.2, 0.25) is 0 Å². The van der Waals surface area contributed by atoms with Crippen LogP contribution in [-0.2, 0) is 9.47 Å². The Morgan fingerprint density at radius 2 is 1.71 bits per heavy atom. The predicted octanol–water partition coefficient (Wildman–Crippen LogP) is 1.51. The SMILES string of the molecule is C.C.[3H]COCOC[3H]. The lowest BCUT2D eigenvalue weighted by molar-refractivity contribution is -0.00271. The maximum Gasteiger partial charge on any atom is 0.145 e. The van der Waals surface area contributed by atoms with Crippen molar-refractivity contribution in [3.05, 3.63) is 0 Å². The molecule has 0 heterocycles. The molecule has 0 rings (SSSR count). The van der Waals surface area contributed by atoms with E-state index in [4.69, 9.17) is 2.74 Å². The molecule has 2 nitrogen and oxygen atoms in total. The molecule has 0 aromatic carbocycles. The van der Waals surface area contributed by atoms with E-state index in [0.29, 0.717) is 0 Å². The maximum absolute atomic E-state index is 6.42. The van der Waals surface area contributed by atoms with E-state index in [2.05, 4.69) is 9.47 Å². The Labute approximate surface area is 49.2 Å². The van der Waals surface area contributed by atoms with E-state index in [1.54, 1.807) is 0 Å². The van der Waals surface area contributed by atoms with Crippen LogP contribution in [0.25, 0.3) is 0 Å². The predicted molar refractivity (Wildman–Crippen MR) is 32.3 cm³/mol. The van der Waals surface area contributed by atoms with Crippen molar-refractivity contribution >= 4 is 0 Å². The Kier molecular flexibility index (Phi) is 16.6. The summed E-state index contributed by atoms with van der Waals surface area (Å²) in [6, 6.07) is 0. The number of rotatable bonds is 2. The molecule has 0 aliphatic rings. The summed E-state index contributed by atoms with van der Waals surface area (Å²) in [7, 11) is -0.194. The molecule has 0 aliphatic heterocycles. The zero-order valence-electron chi connectivity index (χ0n) is 4.94. The third-order valence-corrected chi connectivity index (χ3v) is 0.167. The van der Waals surface area contributed by atoms with Crippen LogP contribution in [0, 0.1) is 0 Å². The highest BCUT2D eigenvalue weighted by atomic mass is 16.6. The van der Waals surface area contributed by atoms with Crippen molar-refractivity contribution in [3.63, 3.8) is 0 Å². The Bertz CT molecular complexity index is 32.1. The van der Waals surface area contributed by atoms with Crippen molar-refractivity contribution in [3.8, 4) is 0 Å². The zero-order valence-corrected chi connectivity index (χ0v) is 2.94. The molecule has 0 amide bonds. The normalized spacial score (nSPS) is 9.71. The first-order chi connectivity index (χ1) is 3.41. The number of ether oxygens (including phenoxy) is 2. The summed E-state index contributed by atoms with van der Waals surface area (Å²) in [5.74, 6) is 0. The topological polar surface area (TPSA) is 18.5 Å². The lowest BCUT2D eigenvalue weighted by atomic mass is 11.4. The summed E-state index contributed by atoms with van der Waals surface area (Å²) in [4.78, 5) is 0. The second kappa shape index (κ2) is 16.8. The fourth-order valence-electron chi connectivity index (χ4n) is 0.0589. The van der Waals surface area contributed by atoms with E-state index in [0.717, 1.165) is 0 Å². The molecule has 0 atom stereocenters. The molecule has 0 fully saturated rings. The van der Waals surface area contributed by atoms with Gasteiger partial charge in [-0.3, -0.25) is 0 Å². The quantitative estimate of drug-likeness (QED) is 0.398. The van der Waals surface area contributed by atoms with Gasteiger partial charge in [0.25, 0.3) is 0 Å². The van der Waals surface area contributed by atoms with Gasteiger partial charge >= 0.3 is 0 Å². The van der Waals surface area contributed by atoms with E-state index in [1.165, 1.54) is 0 Å². The summed E-state index contributed by atoms with van der Waals surface area (Å²) < 4.78 is 21.6. The number of hydrogen-bond donors (Lipinski definition) is 0. The first kappa shape index (κ1) is 6.92. The Morgan fingerprint density at radius 3 is 2.00 bits per heavy atom. The summed E-state index contributed by atoms with van der Waals surface area (Å²) in [6.45, 7) is 0.0625. The van der Waals surface area contributed by atoms with Crippen molar-refractivity contribution in [1.29, 1.82) is 0 Å². The molecular formula is C5H16O2. The molecule has 0 aromatic rings. The number of methoxy groups -OCH3 is 2. The average Bonchev–Trinajstić information content (AvgIpc) is 1.69. The van der Waals surface area contributed by atoms with Crippen molar-refractivity contribution in [2.45, 2.75) is 14.9 Å². The highest BCUT2D eigenvalue weighted by Gasteiger charge is 1.63. The van der Waals surface area contributed by atoms with Gasteiger partial charge in [-0.05, 0) is 0 Å². The lowest BCUT2D eigenvalue weighted by Gasteiger charge is -1.87. The van der Waals surface area contributed by atoms with Gasteiger partial charge in [-0.25, -0.2) is 0 Å². The molecule has 0 unspecified atom stereocenters. The van der Waals surface area contributed by atoms with E-state index < -0.39 is 0 Å². The smallest absolute Gasteiger partial charge is 0.145 e. The molecule has 7 heavy (non-hydrogen) atoms. The van der Waals surface area contributed by atoms with Gasteiger partial charge in [0.15, 0.2) is 0 Å². The van der Waals surface area contributed by atoms with Crippen LogP contribution in [0.2, 0.25) is 0 Å². The molecular weight excluding hydrogens is 92.1 g/mol. The summed E-state index contributed by atoms with van der Waals surface area (Å²) in [6.07, 6.45) is 0. The highest BCUT2D eigenvalue weighted by molar-refractivity contribution is 3.84. The molecule has 0 radical (unpaired) electrons. The van der Waals surface area contributed by atoms with E-state index in [1.807, 2.05) is 0 Å². The molecule has 48 valence electrons. The Morgan fingerprint density at radius 1 is 1.29 bits per heavy atom. The van der Waals surface area contributed by atoms with Crippen LogP contribution in [-0.4, -0.2) is 21.0 Å². The van der Waals surface area contributed by atoms with Gasteiger partial charge in [0, 0.05) is 14.2 Å². The average molecular weight is 112 g/mol. The minimum atomic E-state index is -0.0972. The van der Waals surface area contributed by atoms with Crippen LogP contribution in [0.15, 0.2) is 0 Å². The zero-order chi connectivity index (χ0) is 5.54. The van der Waals surface area contributed by atoms with E-state index in [9.17, 15) is 0 Å². The van der Waals surface area contributed by atoms with Gasteiger partial charge in [0.05, 0.1) is 2.74 Å². The fraction of sp³-hybridized carbons (Fsp3) is 1.00. The molecule has 0 aliphatic carbocycles. The Hall–Kier alpha value is -0.0800. The standard InChI is InChI=1S/C3H8O2.2CH4/c1-4-3-5-2;;/h3H2,1-2H3;2*1H4/i1T,2T;;. The maximum atomic E-state index is 6.42. The van der Waals surface area contributed by atoms with Crippen LogP contribution in [0.5, 0.6) is 0 Å². The van der Waals surface area contributed by atoms with Gasteiger partial charge in [0.1, 0.15) is 6.79 Å². The van der Waals surface area contributed by atoms with Crippen molar-refractivity contribution < 1.29 is 12.2 Å². The van der Waals surface area contributed by atoms with Crippen LogP contribution < -0.4 is 0 Å². The molecule has 0 N–H and O–H groups in total. The van der Waals surface area contributed by atoms with Crippen LogP contribution in [0.3, 0.4) is 0 Å². The number of hydrogen-bond acceptors (Lipinski definition) is 2. The van der Waals surface area contributed by atoms with Gasteiger partial charge in [-0.1, -0.05) is 14.9 Å². The molecule has 0 saturated carbocycles. The molecule has 0 aromatic heterocycles. The first-order valence-electron chi connectivity index (χ1n) is 2.57. The first-order valence-corrected chi connectivity index (χ1v) is 1.15. The Balaban J connectivity index is -0.000000180. The van der Waals surface area contributed by atoms with E-state index in [-0.39, 0.29) is 35.8 Å². The molecule has 0 spiro atoms. The summed E-state index contributed by atoms with van der Waals surface area (Å²) in [5.41, 5.74) is 0. The fourth-order valence-corrected chi connectivity index (χ4v) is 0.0589. The van der Waals surface area contributed by atoms with Crippen molar-refractivity contribution in [2.24, 2.45) is 0 Å². The van der Waals surface area contributed by atoms with Gasteiger partial charge in [-0.15, -0.1) is 0 Å². The van der Waals surface area contributed by atoms with Crippen LogP contribution in [0.1, 0.15) is 17.6 Å². The second-order valence-electron chi connectivity index (χ2n) is 0.526. The summed E-state index contributed by atoms with van der Waals surface area (Å²) >= 11 is 0. The third-order valence-electron chi connectivity index (χ3n) is 0.167. The van der Waals surface area contributed by atoms with Crippen molar-refractivity contribution in [1.82, 2.24) is 0 Å². The minimum Gasteiger partial charge on any atom is -0.359 e.